The standard InChI is InChI=1S/C18H23N3O3S/c1-11(2)20-18-21(12(3)4)17(23)15(25-18)9-13-5-7-14(8-6-13)24-10-16(19)22/h5-9,11-12H,10H2,1-4H3,(H2,19,22)/b15-9+,20-18?. The van der Waals surface area contributed by atoms with Crippen molar-refractivity contribution in [3.05, 3.63) is 34.7 Å². The monoisotopic (exact) mass is 361 g/mol. The Bertz CT molecular complexity index is 709. The van der Waals surface area contributed by atoms with Gasteiger partial charge in [-0.2, -0.15) is 0 Å². The van der Waals surface area contributed by atoms with Gasteiger partial charge in [0.25, 0.3) is 11.8 Å². The lowest BCUT2D eigenvalue weighted by Gasteiger charge is -2.20. The molecular formula is C18H23N3O3S. The Hall–Kier alpha value is -2.28. The number of rotatable bonds is 6. The third-order valence-corrected chi connectivity index (χ3v) is 4.28. The van der Waals surface area contributed by atoms with Gasteiger partial charge in [0, 0.05) is 12.1 Å². The van der Waals surface area contributed by atoms with E-state index in [0.29, 0.717) is 10.7 Å². The van der Waals surface area contributed by atoms with Crippen LogP contribution in [0.2, 0.25) is 0 Å². The maximum atomic E-state index is 12.7. The number of benzene rings is 1. The lowest BCUT2D eigenvalue weighted by atomic mass is 10.2. The zero-order chi connectivity index (χ0) is 18.6. The lowest BCUT2D eigenvalue weighted by Crippen LogP contribution is -2.35. The molecule has 0 atom stereocenters. The maximum absolute atomic E-state index is 12.7. The van der Waals surface area contributed by atoms with E-state index in [0.717, 1.165) is 10.7 Å². The second kappa shape index (κ2) is 8.20. The summed E-state index contributed by atoms with van der Waals surface area (Å²) >= 11 is 1.39. The normalized spacial score (nSPS) is 18.0. The zero-order valence-electron chi connectivity index (χ0n) is 14.9. The molecule has 0 bridgehead atoms. The van der Waals surface area contributed by atoms with Gasteiger partial charge in [0.2, 0.25) is 0 Å². The Labute approximate surface area is 152 Å². The van der Waals surface area contributed by atoms with Gasteiger partial charge in [-0.3, -0.25) is 19.5 Å². The van der Waals surface area contributed by atoms with Crippen LogP contribution >= 0.6 is 11.8 Å². The summed E-state index contributed by atoms with van der Waals surface area (Å²) in [5.74, 6) is -0.00411. The fourth-order valence-electron chi connectivity index (χ4n) is 2.22. The summed E-state index contributed by atoms with van der Waals surface area (Å²) in [7, 11) is 0. The van der Waals surface area contributed by atoms with E-state index >= 15 is 0 Å². The van der Waals surface area contributed by atoms with Crippen molar-refractivity contribution in [2.24, 2.45) is 10.7 Å². The molecule has 1 saturated heterocycles. The predicted molar refractivity (Wildman–Crippen MR) is 101 cm³/mol. The van der Waals surface area contributed by atoms with Crippen LogP contribution in [0.1, 0.15) is 33.3 Å². The van der Waals surface area contributed by atoms with Gasteiger partial charge in [-0.1, -0.05) is 12.1 Å². The predicted octanol–water partition coefficient (Wildman–Crippen LogP) is 2.64. The van der Waals surface area contributed by atoms with Crippen molar-refractivity contribution in [3.8, 4) is 5.75 Å². The summed E-state index contributed by atoms with van der Waals surface area (Å²) in [6.07, 6.45) is 1.84. The highest BCUT2D eigenvalue weighted by atomic mass is 32.2. The van der Waals surface area contributed by atoms with E-state index < -0.39 is 5.91 Å². The average molecular weight is 361 g/mol. The van der Waals surface area contributed by atoms with E-state index in [1.54, 1.807) is 17.0 Å². The summed E-state index contributed by atoms with van der Waals surface area (Å²) in [5, 5.41) is 0.739. The van der Waals surface area contributed by atoms with Crippen molar-refractivity contribution in [1.82, 2.24) is 4.90 Å². The summed E-state index contributed by atoms with van der Waals surface area (Å²) in [6, 6.07) is 7.31. The number of ether oxygens (including phenoxy) is 1. The molecule has 0 aliphatic carbocycles. The highest BCUT2D eigenvalue weighted by molar-refractivity contribution is 8.18. The van der Waals surface area contributed by atoms with Crippen molar-refractivity contribution < 1.29 is 14.3 Å². The van der Waals surface area contributed by atoms with Crippen molar-refractivity contribution >= 4 is 34.8 Å². The van der Waals surface area contributed by atoms with E-state index in [1.165, 1.54) is 11.8 Å². The molecule has 1 aliphatic heterocycles. The topological polar surface area (TPSA) is 85.0 Å². The Morgan fingerprint density at radius 1 is 1.28 bits per heavy atom. The molecule has 6 nitrogen and oxygen atoms in total. The second-order valence-electron chi connectivity index (χ2n) is 6.21. The molecule has 7 heteroatoms. The Morgan fingerprint density at radius 2 is 1.92 bits per heavy atom. The highest BCUT2D eigenvalue weighted by Gasteiger charge is 2.35. The number of hydrogen-bond acceptors (Lipinski definition) is 5. The van der Waals surface area contributed by atoms with Gasteiger partial charge in [-0.15, -0.1) is 0 Å². The fraction of sp³-hybridized carbons (Fsp3) is 0.389. The van der Waals surface area contributed by atoms with Gasteiger partial charge >= 0.3 is 0 Å². The highest BCUT2D eigenvalue weighted by Crippen LogP contribution is 2.34. The number of thioether (sulfide) groups is 1. The number of nitrogens with two attached hydrogens (primary N) is 1. The molecular weight excluding hydrogens is 338 g/mol. The van der Waals surface area contributed by atoms with Crippen molar-refractivity contribution in [3.63, 3.8) is 0 Å². The number of carbonyl (C=O) groups excluding carboxylic acids is 2. The average Bonchev–Trinajstić information content (AvgIpc) is 2.81. The van der Waals surface area contributed by atoms with Crippen molar-refractivity contribution in [1.29, 1.82) is 0 Å². The van der Waals surface area contributed by atoms with E-state index in [9.17, 15) is 9.59 Å². The minimum absolute atomic E-state index is 0.0338. The van der Waals surface area contributed by atoms with Gasteiger partial charge in [0.15, 0.2) is 11.8 Å². The van der Waals surface area contributed by atoms with Crippen molar-refractivity contribution in [2.75, 3.05) is 6.61 Å². The third-order valence-electron chi connectivity index (χ3n) is 3.28. The molecule has 2 amide bonds. The van der Waals surface area contributed by atoms with Crippen LogP contribution in [-0.4, -0.2) is 40.6 Å². The summed E-state index contributed by atoms with van der Waals surface area (Å²) in [4.78, 5) is 30.3. The maximum Gasteiger partial charge on any atom is 0.266 e. The molecule has 0 aromatic heterocycles. The van der Waals surface area contributed by atoms with Gasteiger partial charge in [0.05, 0.1) is 4.91 Å². The van der Waals surface area contributed by atoms with Gasteiger partial charge in [0.1, 0.15) is 5.75 Å². The Kier molecular flexibility index (Phi) is 6.25. The molecule has 0 unspecified atom stereocenters. The molecule has 134 valence electrons. The van der Waals surface area contributed by atoms with Crippen LogP contribution < -0.4 is 10.5 Å². The first-order valence-corrected chi connectivity index (χ1v) is 8.91. The van der Waals surface area contributed by atoms with Crippen LogP contribution in [0, 0.1) is 0 Å². The third kappa shape index (κ3) is 5.09. The van der Waals surface area contributed by atoms with Crippen LogP contribution in [0.25, 0.3) is 6.08 Å². The number of amidine groups is 1. The number of nitrogens with zero attached hydrogens (tertiary/aromatic N) is 2. The van der Waals surface area contributed by atoms with Gasteiger partial charge < -0.3 is 10.5 Å². The summed E-state index contributed by atoms with van der Waals surface area (Å²) in [5.41, 5.74) is 5.92. The number of hydrogen-bond donors (Lipinski definition) is 1. The van der Waals surface area contributed by atoms with Crippen LogP contribution in [0.5, 0.6) is 5.75 Å². The van der Waals surface area contributed by atoms with E-state index in [4.69, 9.17) is 10.5 Å². The zero-order valence-corrected chi connectivity index (χ0v) is 15.7. The Balaban J connectivity index is 2.20. The summed E-state index contributed by atoms with van der Waals surface area (Å²) < 4.78 is 5.23. The Morgan fingerprint density at radius 3 is 2.44 bits per heavy atom. The first-order chi connectivity index (χ1) is 11.8. The van der Waals surface area contributed by atoms with Crippen LogP contribution in [-0.2, 0) is 9.59 Å². The minimum atomic E-state index is -0.523. The van der Waals surface area contributed by atoms with E-state index in [2.05, 4.69) is 4.99 Å². The molecule has 2 rings (SSSR count). The number of aliphatic imine (C=N–C) groups is 1. The van der Waals surface area contributed by atoms with E-state index in [1.807, 2.05) is 45.9 Å². The van der Waals surface area contributed by atoms with Gasteiger partial charge in [-0.05, 0) is 63.2 Å². The molecule has 0 radical (unpaired) electrons. The largest absolute Gasteiger partial charge is 0.484 e. The first-order valence-electron chi connectivity index (χ1n) is 8.10. The molecule has 1 fully saturated rings. The van der Waals surface area contributed by atoms with Crippen molar-refractivity contribution in [2.45, 2.75) is 39.8 Å². The van der Waals surface area contributed by atoms with Crippen LogP contribution in [0.15, 0.2) is 34.2 Å². The van der Waals surface area contributed by atoms with Crippen LogP contribution in [0.3, 0.4) is 0 Å². The number of amides is 2. The lowest BCUT2D eigenvalue weighted by molar-refractivity contribution is -0.123. The smallest absolute Gasteiger partial charge is 0.266 e. The molecule has 1 aliphatic rings. The molecule has 1 heterocycles. The fourth-order valence-corrected chi connectivity index (χ4v) is 3.45. The molecule has 2 N–H and O–H groups in total. The first kappa shape index (κ1) is 19.1. The molecule has 25 heavy (non-hydrogen) atoms. The second-order valence-corrected chi connectivity index (χ2v) is 7.22. The molecule has 0 saturated carbocycles. The molecule has 1 aromatic carbocycles. The SMILES string of the molecule is CC(C)N=C1S/C(=C/c2ccc(OCC(N)=O)cc2)C(=O)N1C(C)C. The van der Waals surface area contributed by atoms with E-state index in [-0.39, 0.29) is 24.6 Å². The molecule has 1 aromatic rings. The summed E-state index contributed by atoms with van der Waals surface area (Å²) in [6.45, 7) is 7.77. The van der Waals surface area contributed by atoms with Gasteiger partial charge in [-0.25, -0.2) is 0 Å². The molecule has 0 spiro atoms. The van der Waals surface area contributed by atoms with Crippen LogP contribution in [0.4, 0.5) is 0 Å². The number of primary amides is 1. The quantitative estimate of drug-likeness (QED) is 0.789. The number of carbonyl (C=O) groups is 2. The minimum Gasteiger partial charge on any atom is -0.484 e.